The molecule has 0 aliphatic heterocycles. The third-order valence-corrected chi connectivity index (χ3v) is 23.2. The Morgan fingerprint density at radius 3 is 1.06 bits per heavy atom. The molecule has 0 bridgehead atoms. The van der Waals surface area contributed by atoms with Crippen molar-refractivity contribution in [1.82, 2.24) is 57.7 Å². The summed E-state index contributed by atoms with van der Waals surface area (Å²) in [5.41, 5.74) is 28.8. The number of carboxylic acids is 1. The zero-order valence-corrected chi connectivity index (χ0v) is 91.4. The average Bonchev–Trinajstić information content (AvgIpc) is 1.60. The van der Waals surface area contributed by atoms with E-state index in [1.165, 1.54) is 16.7 Å². The summed E-state index contributed by atoms with van der Waals surface area (Å²) in [6, 6.07) is 85.0. The van der Waals surface area contributed by atoms with Gasteiger partial charge in [-0.2, -0.15) is 0 Å². The minimum atomic E-state index is -0.921. The molecule has 0 aliphatic rings. The van der Waals surface area contributed by atoms with Crippen molar-refractivity contribution in [1.29, 1.82) is 0 Å². The van der Waals surface area contributed by atoms with E-state index < -0.39 is 17.2 Å². The van der Waals surface area contributed by atoms with Crippen LogP contribution in [0.3, 0.4) is 0 Å². The topological polar surface area (TPSA) is 208 Å². The monoisotopic (exact) mass is 2500 g/mol. The number of aromatic amines is 1. The molecule has 0 saturated carbocycles. The quantitative estimate of drug-likeness (QED) is 0.0415. The summed E-state index contributed by atoms with van der Waals surface area (Å²) in [6.07, 6.45) is 5.88. The number of imidazole rings is 6. The van der Waals surface area contributed by atoms with Crippen molar-refractivity contribution in [3.8, 4) is 67.5 Å². The van der Waals surface area contributed by atoms with Crippen molar-refractivity contribution in [2.45, 2.75) is 151 Å². The van der Waals surface area contributed by atoms with Gasteiger partial charge in [-0.3, -0.25) is 0 Å². The van der Waals surface area contributed by atoms with E-state index in [1.54, 1.807) is 12.1 Å². The molecule has 25 heteroatoms. The fourth-order valence-electron chi connectivity index (χ4n) is 16.5. The molecule has 6 aromatic heterocycles. The Morgan fingerprint density at radius 2 is 0.720 bits per heavy atom. The molecule has 0 spiro atoms. The van der Waals surface area contributed by atoms with Gasteiger partial charge in [-0.05, 0) is 239 Å². The van der Waals surface area contributed by atoms with E-state index in [-0.39, 0.29) is 35.9 Å². The molecule has 6 heterocycles. The molecule has 12 aromatic carbocycles. The molecule has 18 nitrogen and oxygen atoms in total. The van der Waals surface area contributed by atoms with Gasteiger partial charge in [0.2, 0.25) is 0 Å². The summed E-state index contributed by atoms with van der Waals surface area (Å²) >= 11 is 13.0. The van der Waals surface area contributed by atoms with Crippen molar-refractivity contribution in [2.75, 3.05) is 0 Å². The number of nitrogens with one attached hydrogen (secondary N) is 1. The number of rotatable bonds is 20. The second kappa shape index (κ2) is 46.3. The zero-order valence-electron chi connectivity index (χ0n) is 76.7. The van der Waals surface area contributed by atoms with E-state index >= 15 is 0 Å². The van der Waals surface area contributed by atoms with Gasteiger partial charge < -0.3 is 42.4 Å². The number of hydrogen-bond acceptors (Lipinski definition) is 11. The number of para-hydroxylation sites is 6. The van der Waals surface area contributed by atoms with Crippen LogP contribution >= 0.6 is 114 Å². The number of fused-ring (bicyclic) bond motifs is 6. The van der Waals surface area contributed by atoms with Gasteiger partial charge >= 0.3 is 68.4 Å². The van der Waals surface area contributed by atoms with E-state index in [0.717, 1.165) is 212 Å². The summed E-state index contributed by atoms with van der Waals surface area (Å²) in [4.78, 5) is 70.1. The van der Waals surface area contributed by atoms with Gasteiger partial charge in [-0.15, -0.1) is 24.0 Å². The second-order valence-corrected chi connectivity index (χ2v) is 51.2. The standard InChI is InChI=1S/C37H38N4O2.C33H30N4O2.C19H20N4.C18H19BrO2.I3.I2.HI/c1-7-12-33-39-34-24(2)21-27(35-38-30-15-10-11-16-31(30)40(35)6)22-32(34)41(33)23-25-17-19-26(20-18-25)28-13-8-9-14-29(28)36(42)43-37(3,4)5;1-4-9-30-35-31-21(2)18-24(32-34-27-12-7-8-13-28(27)36(32)3)19-29(31)37(30)20-22-14-16-23(17-15-22)25-10-5-6-11-26(25)33(38)39;1-4-7-17-20-15-11-13(10-12(2)18(15)22-17)19-21-14-8-5-6-9-16(14)23(19)3;1-18(2,3)21-17(20)16-7-5-4-6-15(16)14-10-8-13(12-19)9-11-14;1-3-2;1-2;/h8-11,13-22H,7,12,23H2,1-6H3;5-8,10-19H,4,9,20H2,1-3H3,(H,38,39);5-6,8-11H,4,7H2,1-3H3,(H,20,22);4-11H,12H2,1-3H3;;;1H/q;;;;-1;;. The van der Waals surface area contributed by atoms with Gasteiger partial charge in [-0.1, -0.05) is 200 Å². The Morgan fingerprint density at radius 1 is 0.402 bits per heavy atom. The molecule has 18 rings (SSSR count). The van der Waals surface area contributed by atoms with E-state index in [0.29, 0.717) is 43.0 Å². The van der Waals surface area contributed by atoms with Gasteiger partial charge in [0.1, 0.15) is 46.1 Å². The molecule has 132 heavy (non-hydrogen) atoms. The molecule has 0 aliphatic carbocycles. The molecule has 18 aromatic rings. The van der Waals surface area contributed by atoms with Gasteiger partial charge in [-0.25, -0.2) is 44.3 Å². The number of aromatic carboxylic acids is 1. The summed E-state index contributed by atoms with van der Waals surface area (Å²) in [5.74, 6) is 4.57. The minimum absolute atomic E-state index is 0. The number of benzene rings is 12. The number of halogens is 7. The first-order valence-corrected chi connectivity index (χ1v) is 63.6. The maximum absolute atomic E-state index is 12.9. The SMILES string of the molecule is CC(C)(C)OC(=O)c1ccccc1-c1ccc(CBr)cc1.CCCc1nc2c(C)cc(-c3nc4ccccc4n3C)cc2[nH]1.CCCc1nc2c(C)cc(-c3nc4ccccc4n3C)cc2n1Cc1ccc(-c2ccccc2C(=O)O)cc1.CCCc1nc2c(C)cc(-c3nc4ccccc4n3C)cc2n1Cc1ccc(-c2ccccc2C(=O)OC(C)(C)C)cc1.I.II.I[I-]I. The summed E-state index contributed by atoms with van der Waals surface area (Å²) < 4.78 is 22.3. The first-order valence-electron chi connectivity index (χ1n) is 43.6. The summed E-state index contributed by atoms with van der Waals surface area (Å²) in [6.45, 7) is 25.6. The molecule has 0 fully saturated rings. The third-order valence-electron chi connectivity index (χ3n) is 22.5. The fourth-order valence-corrected chi connectivity index (χ4v) is 16.9. The zero-order chi connectivity index (χ0) is 93.5. The van der Waals surface area contributed by atoms with Crippen LogP contribution in [-0.2, 0) is 68.3 Å². The number of carbonyl (C=O) groups is 3. The van der Waals surface area contributed by atoms with Gasteiger partial charge in [0.15, 0.2) is 0 Å². The van der Waals surface area contributed by atoms with E-state index in [4.69, 9.17) is 39.4 Å². The number of alkyl halides is 1. The Hall–Kier alpha value is -9.27. The van der Waals surface area contributed by atoms with Crippen LogP contribution in [0.4, 0.5) is 0 Å². The van der Waals surface area contributed by atoms with Crippen LogP contribution in [0.25, 0.3) is 134 Å². The van der Waals surface area contributed by atoms with Crippen molar-refractivity contribution < 1.29 is 42.2 Å². The fraction of sp³-hybridized carbons (Fsp3) is 0.243. The number of nitrogens with zero attached hydrogens (tertiary/aromatic N) is 11. The molecule has 682 valence electrons. The molecule has 0 amide bonds. The van der Waals surface area contributed by atoms with Crippen LogP contribution in [0.5, 0.6) is 0 Å². The molecule has 0 radical (unpaired) electrons. The van der Waals surface area contributed by atoms with Crippen LogP contribution in [0.1, 0.15) is 164 Å². The number of aromatic nitrogens is 12. The van der Waals surface area contributed by atoms with E-state index in [2.05, 4.69) is 302 Å². The third kappa shape index (κ3) is 24.1. The van der Waals surface area contributed by atoms with Crippen LogP contribution in [0, 0.1) is 20.8 Å². The number of ether oxygens (including phenoxy) is 2. The van der Waals surface area contributed by atoms with Gasteiger partial charge in [0, 0.05) is 113 Å². The molecular weight excluding hydrogens is 2390 g/mol. The first-order chi connectivity index (χ1) is 63.1. The van der Waals surface area contributed by atoms with Crippen molar-refractivity contribution in [3.63, 3.8) is 0 Å². The Bertz CT molecular complexity index is 7100. The Balaban J connectivity index is 0.000000162. The van der Waals surface area contributed by atoms with Crippen LogP contribution in [0.15, 0.2) is 255 Å². The number of H-pyrrole nitrogens is 1. The van der Waals surface area contributed by atoms with E-state index in [9.17, 15) is 19.5 Å². The number of carboxylic acid groups (broad SMARTS) is 1. The average molecular weight is 2500 g/mol. The predicted molar refractivity (Wildman–Crippen MR) is 586 cm³/mol. The Labute approximate surface area is 850 Å². The van der Waals surface area contributed by atoms with Gasteiger partial charge in [0.25, 0.3) is 0 Å². The number of carbonyl (C=O) groups excluding carboxylic acids is 2. The van der Waals surface area contributed by atoms with Crippen molar-refractivity contribution in [2.24, 2.45) is 21.1 Å². The van der Waals surface area contributed by atoms with Crippen LogP contribution < -0.4 is 13.3 Å². The number of aryl methyl sites for hydroxylation is 9. The molecule has 0 saturated heterocycles. The summed E-state index contributed by atoms with van der Waals surface area (Å²) in [5, 5.41) is 10.4. The second-order valence-electron chi connectivity index (χ2n) is 34.3. The molecule has 2 N–H and O–H groups in total. The predicted octanol–water partition coefficient (Wildman–Crippen LogP) is 26.5. The van der Waals surface area contributed by atoms with Crippen molar-refractivity contribution in [3.05, 3.63) is 322 Å². The van der Waals surface area contributed by atoms with Crippen LogP contribution in [0.2, 0.25) is 0 Å². The number of esters is 2. The number of hydrogen-bond donors (Lipinski definition) is 2. The van der Waals surface area contributed by atoms with Gasteiger partial charge in [0.05, 0.1) is 82.9 Å². The Kier molecular flexibility index (Phi) is 35.7. The summed E-state index contributed by atoms with van der Waals surface area (Å²) in [7, 11) is 6.21. The maximum atomic E-state index is 12.9. The normalized spacial score (nSPS) is 11.3. The molecule has 0 unspecified atom stereocenters. The van der Waals surface area contributed by atoms with Crippen molar-refractivity contribution >= 4 is 198 Å². The van der Waals surface area contributed by atoms with Crippen LogP contribution in [-0.4, -0.2) is 91.9 Å². The molecular formula is C107H108BrI6N12O6-. The molecule has 0 atom stereocenters. The van der Waals surface area contributed by atoms with E-state index in [1.807, 2.05) is 163 Å². The first kappa shape index (κ1) is 102.